The van der Waals surface area contributed by atoms with Crippen molar-refractivity contribution in [1.82, 2.24) is 4.90 Å². The summed E-state index contributed by atoms with van der Waals surface area (Å²) in [6.45, 7) is 7.38. The molecule has 176 valence electrons. The third kappa shape index (κ3) is 4.28. The second kappa shape index (κ2) is 9.15. The predicted molar refractivity (Wildman–Crippen MR) is 132 cm³/mol. The predicted octanol–water partition coefficient (Wildman–Crippen LogP) is 6.19. The smallest absolute Gasteiger partial charge is 0.150 e. The van der Waals surface area contributed by atoms with E-state index >= 15 is 4.39 Å². The molecule has 0 spiro atoms. The molecule has 0 amide bonds. The van der Waals surface area contributed by atoms with E-state index in [4.69, 9.17) is 4.74 Å². The molecule has 0 radical (unpaired) electrons. The molecule has 5 rings (SSSR count). The maximum Gasteiger partial charge on any atom is 0.150 e. The third-order valence-corrected chi connectivity index (χ3v) is 6.92. The Morgan fingerprint density at radius 3 is 2.41 bits per heavy atom. The highest BCUT2D eigenvalue weighted by molar-refractivity contribution is 5.95. The van der Waals surface area contributed by atoms with Crippen LogP contribution in [0.5, 0.6) is 17.2 Å². The Morgan fingerprint density at radius 2 is 1.71 bits per heavy atom. The first kappa shape index (κ1) is 22.5. The third-order valence-electron chi connectivity index (χ3n) is 6.92. The van der Waals surface area contributed by atoms with E-state index in [1.165, 1.54) is 0 Å². The lowest BCUT2D eigenvalue weighted by atomic mass is 9.85. The van der Waals surface area contributed by atoms with Gasteiger partial charge in [0.15, 0.2) is 0 Å². The highest BCUT2D eigenvalue weighted by Crippen LogP contribution is 2.47. The van der Waals surface area contributed by atoms with Gasteiger partial charge < -0.3 is 19.8 Å². The summed E-state index contributed by atoms with van der Waals surface area (Å²) in [4.78, 5) is 2.41. The van der Waals surface area contributed by atoms with Crippen LogP contribution in [-0.2, 0) is 6.42 Å². The summed E-state index contributed by atoms with van der Waals surface area (Å²) in [6, 6.07) is 17.5. The SMILES string of the molecule is CCCN1CC(Cc2ccc(C3Oc4cc(O)ccc4C(C)=C3c3ccc(O)cc3)cc2F)C1. The van der Waals surface area contributed by atoms with Crippen molar-refractivity contribution in [3.8, 4) is 17.2 Å². The minimum atomic E-state index is -0.536. The van der Waals surface area contributed by atoms with Crippen LogP contribution >= 0.6 is 0 Å². The second-order valence-electron chi connectivity index (χ2n) is 9.44. The number of rotatable bonds is 6. The molecule has 1 saturated heterocycles. The summed E-state index contributed by atoms with van der Waals surface area (Å²) >= 11 is 0. The topological polar surface area (TPSA) is 52.9 Å². The molecule has 34 heavy (non-hydrogen) atoms. The Bertz CT molecular complexity index is 1230. The molecule has 1 atom stereocenters. The molecule has 2 aliphatic rings. The highest BCUT2D eigenvalue weighted by Gasteiger charge is 2.31. The van der Waals surface area contributed by atoms with Gasteiger partial charge in [-0.1, -0.05) is 31.2 Å². The molecule has 2 heterocycles. The minimum Gasteiger partial charge on any atom is -0.508 e. The van der Waals surface area contributed by atoms with Crippen molar-refractivity contribution >= 4 is 11.1 Å². The molecule has 0 aliphatic carbocycles. The van der Waals surface area contributed by atoms with Crippen molar-refractivity contribution < 1.29 is 19.3 Å². The molecule has 1 unspecified atom stereocenters. The zero-order valence-electron chi connectivity index (χ0n) is 19.6. The van der Waals surface area contributed by atoms with Crippen LogP contribution in [0.3, 0.4) is 0 Å². The molecule has 2 aliphatic heterocycles. The van der Waals surface area contributed by atoms with E-state index in [1.807, 2.05) is 37.3 Å². The van der Waals surface area contributed by atoms with Gasteiger partial charge in [-0.3, -0.25) is 0 Å². The number of ether oxygens (including phenoxy) is 1. The van der Waals surface area contributed by atoms with Crippen LogP contribution in [0.4, 0.5) is 4.39 Å². The van der Waals surface area contributed by atoms with E-state index in [2.05, 4.69) is 11.8 Å². The van der Waals surface area contributed by atoms with Crippen LogP contribution in [0, 0.1) is 11.7 Å². The van der Waals surface area contributed by atoms with Gasteiger partial charge in [-0.05, 0) is 84.8 Å². The Kier molecular flexibility index (Phi) is 6.05. The minimum absolute atomic E-state index is 0.123. The largest absolute Gasteiger partial charge is 0.508 e. The summed E-state index contributed by atoms with van der Waals surface area (Å²) in [7, 11) is 0. The van der Waals surface area contributed by atoms with Crippen LogP contribution in [0.1, 0.15) is 48.6 Å². The van der Waals surface area contributed by atoms with Gasteiger partial charge in [0, 0.05) is 30.3 Å². The van der Waals surface area contributed by atoms with Crippen molar-refractivity contribution in [3.05, 3.63) is 88.7 Å². The summed E-state index contributed by atoms with van der Waals surface area (Å²) in [5.41, 5.74) is 5.15. The Hall–Kier alpha value is -3.31. The van der Waals surface area contributed by atoms with Crippen LogP contribution < -0.4 is 4.74 Å². The highest BCUT2D eigenvalue weighted by atomic mass is 19.1. The maximum absolute atomic E-state index is 15.3. The number of aromatic hydroxyl groups is 2. The summed E-state index contributed by atoms with van der Waals surface area (Å²) < 4.78 is 21.6. The van der Waals surface area contributed by atoms with Gasteiger partial charge in [0.2, 0.25) is 0 Å². The summed E-state index contributed by atoms with van der Waals surface area (Å²) in [5.74, 6) is 1.17. The van der Waals surface area contributed by atoms with Gasteiger partial charge in [-0.25, -0.2) is 4.39 Å². The molecule has 0 aromatic heterocycles. The van der Waals surface area contributed by atoms with E-state index in [-0.39, 0.29) is 17.3 Å². The first-order chi connectivity index (χ1) is 16.4. The first-order valence-electron chi connectivity index (χ1n) is 11.9. The molecule has 2 N–H and O–H groups in total. The van der Waals surface area contributed by atoms with Crippen LogP contribution in [0.25, 0.3) is 11.1 Å². The lowest BCUT2D eigenvalue weighted by Gasteiger charge is -2.39. The van der Waals surface area contributed by atoms with Crippen molar-refractivity contribution in [2.75, 3.05) is 19.6 Å². The number of phenolic OH excluding ortho intramolecular Hbond substituents is 2. The second-order valence-corrected chi connectivity index (χ2v) is 9.44. The van der Waals surface area contributed by atoms with E-state index in [0.717, 1.165) is 65.9 Å². The standard InChI is InChI=1S/C29H30FNO3/c1-3-12-31-16-19(17-31)13-21-4-5-22(14-26(21)30)29-28(20-6-8-23(32)9-7-20)18(2)25-11-10-24(33)15-27(25)34-29/h4-11,14-15,19,29,32-33H,3,12-13,16-17H2,1-2H3. The van der Waals surface area contributed by atoms with Crippen molar-refractivity contribution in [3.63, 3.8) is 0 Å². The van der Waals surface area contributed by atoms with Crippen LogP contribution in [0.15, 0.2) is 60.7 Å². The fraction of sp³-hybridized carbons (Fsp3) is 0.310. The van der Waals surface area contributed by atoms with E-state index in [9.17, 15) is 10.2 Å². The number of fused-ring (bicyclic) bond motifs is 1. The molecule has 0 bridgehead atoms. The molecular formula is C29H30FNO3. The molecule has 4 nitrogen and oxygen atoms in total. The molecular weight excluding hydrogens is 429 g/mol. The average molecular weight is 460 g/mol. The van der Waals surface area contributed by atoms with E-state index in [1.54, 1.807) is 30.3 Å². The first-order valence-corrected chi connectivity index (χ1v) is 11.9. The molecule has 5 heteroatoms. The average Bonchev–Trinajstić information content (AvgIpc) is 2.79. The molecule has 3 aromatic carbocycles. The fourth-order valence-electron chi connectivity index (χ4n) is 5.20. The van der Waals surface area contributed by atoms with Gasteiger partial charge in [0.25, 0.3) is 0 Å². The Labute approximate surface area is 199 Å². The van der Waals surface area contributed by atoms with Gasteiger partial charge in [0.1, 0.15) is 29.2 Å². The number of hydrogen-bond acceptors (Lipinski definition) is 4. The Balaban J connectivity index is 1.48. The van der Waals surface area contributed by atoms with E-state index in [0.29, 0.717) is 11.7 Å². The molecule has 0 saturated carbocycles. The molecule has 3 aromatic rings. The van der Waals surface area contributed by atoms with Crippen molar-refractivity contribution in [1.29, 1.82) is 0 Å². The normalized spacial score (nSPS) is 18.4. The van der Waals surface area contributed by atoms with Crippen LogP contribution in [0.2, 0.25) is 0 Å². The number of benzene rings is 3. The van der Waals surface area contributed by atoms with Crippen LogP contribution in [-0.4, -0.2) is 34.7 Å². The van der Waals surface area contributed by atoms with Crippen molar-refractivity contribution in [2.45, 2.75) is 32.8 Å². The Morgan fingerprint density at radius 1 is 0.971 bits per heavy atom. The zero-order valence-corrected chi connectivity index (χ0v) is 19.6. The van der Waals surface area contributed by atoms with Crippen molar-refractivity contribution in [2.24, 2.45) is 5.92 Å². The number of allylic oxidation sites excluding steroid dienone is 1. The maximum atomic E-state index is 15.3. The lowest BCUT2D eigenvalue weighted by Crippen LogP contribution is -2.47. The monoisotopic (exact) mass is 459 g/mol. The van der Waals surface area contributed by atoms with Gasteiger partial charge in [-0.15, -0.1) is 0 Å². The van der Waals surface area contributed by atoms with Gasteiger partial charge >= 0.3 is 0 Å². The summed E-state index contributed by atoms with van der Waals surface area (Å²) in [6.07, 6.45) is 1.36. The number of phenols is 2. The number of likely N-dealkylation sites (tertiary alicyclic amines) is 1. The number of nitrogens with zero attached hydrogens (tertiary/aromatic N) is 1. The number of hydrogen-bond donors (Lipinski definition) is 2. The number of halogens is 1. The fourth-order valence-corrected chi connectivity index (χ4v) is 5.20. The summed E-state index contributed by atoms with van der Waals surface area (Å²) in [5, 5.41) is 19.8. The van der Waals surface area contributed by atoms with E-state index < -0.39 is 6.10 Å². The van der Waals surface area contributed by atoms with Gasteiger partial charge in [-0.2, -0.15) is 0 Å². The molecule has 1 fully saturated rings. The lowest BCUT2D eigenvalue weighted by molar-refractivity contribution is 0.100. The van der Waals surface area contributed by atoms with Gasteiger partial charge in [0.05, 0.1) is 0 Å². The zero-order chi connectivity index (χ0) is 23.8. The quantitative estimate of drug-likeness (QED) is 0.462.